The number of hydrogen-bond acceptors (Lipinski definition) is 3. The Hall–Kier alpha value is -1.23. The molecule has 5 heteroatoms. The minimum absolute atomic E-state index is 0.0929. The minimum Gasteiger partial charge on any atom is -0.294 e. The molecule has 0 unspecified atom stereocenters. The van der Waals surface area contributed by atoms with Gasteiger partial charge in [-0.3, -0.25) is 9.69 Å². The summed E-state index contributed by atoms with van der Waals surface area (Å²) in [4.78, 5) is 15.0. The van der Waals surface area contributed by atoms with Crippen molar-refractivity contribution in [2.45, 2.75) is 6.54 Å². The minimum atomic E-state index is -0.390. The molecule has 0 radical (unpaired) electrons. The van der Waals surface area contributed by atoms with Crippen LogP contribution < -0.4 is 0 Å². The molecule has 2 nitrogen and oxygen atoms in total. The van der Waals surface area contributed by atoms with Gasteiger partial charge in [-0.15, -0.1) is 11.3 Å². The fraction of sp³-hybridized carbons (Fsp3) is 0.214. The third-order valence-corrected chi connectivity index (χ3v) is 3.83. The zero-order valence-corrected chi connectivity index (χ0v) is 12.0. The van der Waals surface area contributed by atoms with E-state index in [-0.39, 0.29) is 12.3 Å². The Labute approximate surface area is 120 Å². The average molecular weight is 298 g/mol. The smallest absolute Gasteiger partial charge is 0.176 e. The summed E-state index contributed by atoms with van der Waals surface area (Å²) in [5.41, 5.74) is 0.399. The Morgan fingerprint density at radius 1 is 1.37 bits per heavy atom. The van der Waals surface area contributed by atoms with E-state index < -0.39 is 5.82 Å². The predicted molar refractivity (Wildman–Crippen MR) is 76.4 cm³/mol. The topological polar surface area (TPSA) is 20.3 Å². The van der Waals surface area contributed by atoms with Crippen LogP contribution in [-0.4, -0.2) is 24.3 Å². The Balaban J connectivity index is 1.95. The number of carbonyl (C=O) groups excluding carboxylic acids is 1. The van der Waals surface area contributed by atoms with E-state index in [1.165, 1.54) is 23.5 Å². The molecule has 0 saturated heterocycles. The molecule has 0 aliphatic heterocycles. The number of Topliss-reactive ketones (excluding diaryl/α,β-unsaturated/α-hetero) is 1. The van der Waals surface area contributed by atoms with Gasteiger partial charge in [-0.2, -0.15) is 0 Å². The molecule has 0 N–H and O–H groups in total. The number of rotatable bonds is 5. The standard InChI is InChI=1S/C14H13ClFNOS/c1-17(8-12-5-6-14(15)19-12)9-13(18)10-3-2-4-11(16)7-10/h2-7H,8-9H2,1H3. The van der Waals surface area contributed by atoms with Gasteiger partial charge in [0.1, 0.15) is 5.82 Å². The predicted octanol–water partition coefficient (Wildman–Crippen LogP) is 3.86. The third kappa shape index (κ3) is 4.13. The number of nitrogens with zero attached hydrogens (tertiary/aromatic N) is 1. The fourth-order valence-corrected chi connectivity index (χ4v) is 2.92. The number of hydrogen-bond donors (Lipinski definition) is 0. The van der Waals surface area contributed by atoms with Gasteiger partial charge in [-0.25, -0.2) is 4.39 Å². The van der Waals surface area contributed by atoms with E-state index in [0.717, 1.165) is 9.21 Å². The Kier molecular flexibility index (Phi) is 4.69. The summed E-state index contributed by atoms with van der Waals surface area (Å²) in [7, 11) is 1.85. The summed E-state index contributed by atoms with van der Waals surface area (Å²) >= 11 is 7.35. The number of benzene rings is 1. The van der Waals surface area contributed by atoms with E-state index in [1.807, 2.05) is 24.1 Å². The highest BCUT2D eigenvalue weighted by Crippen LogP contribution is 2.22. The van der Waals surface area contributed by atoms with Crippen LogP contribution in [0.4, 0.5) is 4.39 Å². The van der Waals surface area contributed by atoms with Crippen molar-refractivity contribution in [1.82, 2.24) is 4.90 Å². The molecule has 100 valence electrons. The summed E-state index contributed by atoms with van der Waals surface area (Å²) in [5.74, 6) is -0.483. The summed E-state index contributed by atoms with van der Waals surface area (Å²) in [6.45, 7) is 0.900. The van der Waals surface area contributed by atoms with Crippen LogP contribution in [0, 0.1) is 5.82 Å². The fourth-order valence-electron chi connectivity index (χ4n) is 1.76. The van der Waals surface area contributed by atoms with Gasteiger partial charge in [0.2, 0.25) is 0 Å². The number of likely N-dealkylation sites (N-methyl/N-ethyl adjacent to an activating group) is 1. The van der Waals surface area contributed by atoms with E-state index in [2.05, 4.69) is 0 Å². The van der Waals surface area contributed by atoms with Gasteiger partial charge in [0.15, 0.2) is 5.78 Å². The van der Waals surface area contributed by atoms with Crippen LogP contribution in [0.3, 0.4) is 0 Å². The molecule has 0 amide bonds. The molecule has 2 rings (SSSR count). The van der Waals surface area contributed by atoms with Crippen molar-refractivity contribution in [2.24, 2.45) is 0 Å². The van der Waals surface area contributed by atoms with E-state index in [1.54, 1.807) is 12.1 Å². The summed E-state index contributed by atoms with van der Waals surface area (Å²) in [6, 6.07) is 9.54. The van der Waals surface area contributed by atoms with Crippen LogP contribution in [0.2, 0.25) is 4.34 Å². The quantitative estimate of drug-likeness (QED) is 0.781. The number of thiophene rings is 1. The molecule has 1 aromatic carbocycles. The van der Waals surface area contributed by atoms with E-state index >= 15 is 0 Å². The van der Waals surface area contributed by atoms with Crippen molar-refractivity contribution in [3.8, 4) is 0 Å². The van der Waals surface area contributed by atoms with Crippen molar-refractivity contribution < 1.29 is 9.18 Å². The van der Waals surface area contributed by atoms with Gasteiger partial charge in [0.05, 0.1) is 10.9 Å². The first-order valence-electron chi connectivity index (χ1n) is 5.76. The van der Waals surface area contributed by atoms with E-state index in [0.29, 0.717) is 12.1 Å². The maximum absolute atomic E-state index is 13.0. The first kappa shape index (κ1) is 14.2. The zero-order chi connectivity index (χ0) is 13.8. The molecule has 0 bridgehead atoms. The summed E-state index contributed by atoms with van der Waals surface area (Å²) in [5, 5.41) is 0. The first-order chi connectivity index (χ1) is 9.04. The van der Waals surface area contributed by atoms with Crippen molar-refractivity contribution >= 4 is 28.7 Å². The normalized spacial score (nSPS) is 10.9. The van der Waals surface area contributed by atoms with Gasteiger partial charge in [-0.1, -0.05) is 23.7 Å². The van der Waals surface area contributed by atoms with Crippen LogP contribution in [0.5, 0.6) is 0 Å². The number of ketones is 1. The molecule has 0 aliphatic rings. The second-order valence-electron chi connectivity index (χ2n) is 4.31. The van der Waals surface area contributed by atoms with Crippen LogP contribution in [0.15, 0.2) is 36.4 Å². The van der Waals surface area contributed by atoms with Crippen molar-refractivity contribution in [1.29, 1.82) is 0 Å². The molecule has 1 heterocycles. The van der Waals surface area contributed by atoms with Crippen LogP contribution in [-0.2, 0) is 6.54 Å². The lowest BCUT2D eigenvalue weighted by Gasteiger charge is -2.14. The maximum Gasteiger partial charge on any atom is 0.176 e. The third-order valence-electron chi connectivity index (χ3n) is 2.61. The molecule has 0 atom stereocenters. The Bertz CT molecular complexity index is 584. The van der Waals surface area contributed by atoms with Crippen molar-refractivity contribution in [3.05, 3.63) is 57.0 Å². The van der Waals surface area contributed by atoms with Crippen LogP contribution in [0.1, 0.15) is 15.2 Å². The summed E-state index contributed by atoms with van der Waals surface area (Å²) in [6.07, 6.45) is 0. The largest absolute Gasteiger partial charge is 0.294 e. The lowest BCUT2D eigenvalue weighted by molar-refractivity contribution is 0.0943. The van der Waals surface area contributed by atoms with Gasteiger partial charge < -0.3 is 0 Å². The van der Waals surface area contributed by atoms with Crippen molar-refractivity contribution in [2.75, 3.05) is 13.6 Å². The molecule has 0 fully saturated rings. The molecular formula is C14H13ClFNOS. The molecule has 0 saturated carbocycles. The monoisotopic (exact) mass is 297 g/mol. The molecule has 0 spiro atoms. The van der Waals surface area contributed by atoms with Gasteiger partial charge >= 0.3 is 0 Å². The van der Waals surface area contributed by atoms with Crippen molar-refractivity contribution in [3.63, 3.8) is 0 Å². The van der Waals surface area contributed by atoms with Gasteiger partial charge in [0.25, 0.3) is 0 Å². The van der Waals surface area contributed by atoms with Gasteiger partial charge in [0, 0.05) is 17.0 Å². The lowest BCUT2D eigenvalue weighted by atomic mass is 10.1. The molecule has 1 aromatic heterocycles. The number of carbonyl (C=O) groups is 1. The van der Waals surface area contributed by atoms with Crippen LogP contribution in [0.25, 0.3) is 0 Å². The number of halogens is 2. The maximum atomic E-state index is 13.0. The van der Waals surface area contributed by atoms with E-state index in [9.17, 15) is 9.18 Å². The second kappa shape index (κ2) is 6.28. The van der Waals surface area contributed by atoms with E-state index in [4.69, 9.17) is 11.6 Å². The van der Waals surface area contributed by atoms with Gasteiger partial charge in [-0.05, 0) is 31.3 Å². The highest BCUT2D eigenvalue weighted by atomic mass is 35.5. The SMILES string of the molecule is CN(CC(=O)c1cccc(F)c1)Cc1ccc(Cl)s1. The molecule has 19 heavy (non-hydrogen) atoms. The van der Waals surface area contributed by atoms with Crippen LogP contribution >= 0.6 is 22.9 Å². The molecule has 0 aliphatic carbocycles. The first-order valence-corrected chi connectivity index (χ1v) is 6.95. The highest BCUT2D eigenvalue weighted by Gasteiger charge is 2.11. The highest BCUT2D eigenvalue weighted by molar-refractivity contribution is 7.16. The summed E-state index contributed by atoms with van der Waals surface area (Å²) < 4.78 is 13.8. The zero-order valence-electron chi connectivity index (χ0n) is 10.4. The average Bonchev–Trinajstić information content (AvgIpc) is 2.74. The molecular weight excluding hydrogens is 285 g/mol. The Morgan fingerprint density at radius 2 is 2.16 bits per heavy atom. The Morgan fingerprint density at radius 3 is 2.79 bits per heavy atom. The molecule has 2 aromatic rings. The second-order valence-corrected chi connectivity index (χ2v) is 6.11. The lowest BCUT2D eigenvalue weighted by Crippen LogP contribution is -2.25.